The highest BCUT2D eigenvalue weighted by molar-refractivity contribution is 5.78. The Balaban J connectivity index is 1.85. The Kier molecular flexibility index (Phi) is 6.82. The highest BCUT2D eigenvalue weighted by Crippen LogP contribution is 2.11. The zero-order valence-electron chi connectivity index (χ0n) is 14.7. The summed E-state index contributed by atoms with van der Waals surface area (Å²) in [7, 11) is 5.72. The van der Waals surface area contributed by atoms with Crippen LogP contribution in [0.5, 0.6) is 5.75 Å². The first-order valence-corrected chi connectivity index (χ1v) is 8.18. The van der Waals surface area contributed by atoms with E-state index in [9.17, 15) is 4.79 Å². The molecule has 0 spiro atoms. The molecule has 0 heterocycles. The van der Waals surface area contributed by atoms with Crippen molar-refractivity contribution in [2.24, 2.45) is 0 Å². The maximum atomic E-state index is 12.2. The molecule has 0 saturated heterocycles. The van der Waals surface area contributed by atoms with Gasteiger partial charge in [0.25, 0.3) is 0 Å². The average Bonchev–Trinajstić information content (AvgIpc) is 2.60. The summed E-state index contributed by atoms with van der Waals surface area (Å²) >= 11 is 0. The number of ether oxygens (including phenoxy) is 1. The average molecular weight is 326 g/mol. The van der Waals surface area contributed by atoms with Crippen LogP contribution in [0.3, 0.4) is 0 Å². The lowest BCUT2D eigenvalue weighted by Crippen LogP contribution is -2.42. The van der Waals surface area contributed by atoms with Crippen LogP contribution < -0.4 is 10.1 Å². The summed E-state index contributed by atoms with van der Waals surface area (Å²) in [5, 5.41) is 3.05. The number of likely N-dealkylation sites (N-methyl/N-ethyl adjacent to an activating group) is 1. The van der Waals surface area contributed by atoms with E-state index in [1.807, 2.05) is 56.6 Å². The van der Waals surface area contributed by atoms with E-state index in [0.29, 0.717) is 13.0 Å². The number of hydrogen-bond donors (Lipinski definition) is 1. The zero-order chi connectivity index (χ0) is 17.4. The molecule has 24 heavy (non-hydrogen) atoms. The molecule has 2 rings (SSSR count). The van der Waals surface area contributed by atoms with Crippen LogP contribution in [0.15, 0.2) is 54.6 Å². The third-order valence-corrected chi connectivity index (χ3v) is 4.10. The Morgan fingerprint density at radius 1 is 1.04 bits per heavy atom. The predicted octanol–water partition coefficient (Wildman–Crippen LogP) is 2.53. The third-order valence-electron chi connectivity index (χ3n) is 4.10. The van der Waals surface area contributed by atoms with E-state index in [0.717, 1.165) is 17.7 Å². The number of nitrogens with one attached hydrogen (secondary N) is 1. The van der Waals surface area contributed by atoms with Crippen molar-refractivity contribution in [2.75, 3.05) is 27.7 Å². The predicted molar refractivity (Wildman–Crippen MR) is 97.3 cm³/mol. The highest BCUT2D eigenvalue weighted by atomic mass is 16.5. The van der Waals surface area contributed by atoms with Crippen molar-refractivity contribution >= 4 is 5.91 Å². The van der Waals surface area contributed by atoms with Gasteiger partial charge in [-0.2, -0.15) is 0 Å². The van der Waals surface area contributed by atoms with Crippen molar-refractivity contribution in [3.05, 3.63) is 65.7 Å². The molecule has 2 aromatic rings. The van der Waals surface area contributed by atoms with E-state index in [1.165, 1.54) is 5.56 Å². The summed E-state index contributed by atoms with van der Waals surface area (Å²) in [6, 6.07) is 18.2. The number of amides is 1. The van der Waals surface area contributed by atoms with E-state index in [4.69, 9.17) is 4.74 Å². The molecule has 2 aromatic carbocycles. The summed E-state index contributed by atoms with van der Waals surface area (Å²) in [6.45, 7) is 0.636. The van der Waals surface area contributed by atoms with Crippen LogP contribution in [-0.2, 0) is 17.6 Å². The van der Waals surface area contributed by atoms with Gasteiger partial charge in [0, 0.05) is 12.6 Å². The van der Waals surface area contributed by atoms with Gasteiger partial charge in [-0.15, -0.1) is 0 Å². The summed E-state index contributed by atoms with van der Waals surface area (Å²) in [5.41, 5.74) is 2.26. The quantitative estimate of drug-likeness (QED) is 0.810. The van der Waals surface area contributed by atoms with E-state index < -0.39 is 0 Å². The normalized spacial score (nSPS) is 12.0. The monoisotopic (exact) mass is 326 g/mol. The summed E-state index contributed by atoms with van der Waals surface area (Å²) in [6.07, 6.45) is 1.30. The summed E-state index contributed by atoms with van der Waals surface area (Å²) in [4.78, 5) is 14.3. The van der Waals surface area contributed by atoms with Gasteiger partial charge in [-0.05, 0) is 43.8 Å². The molecule has 1 amide bonds. The number of methoxy groups -OCH3 is 1. The fraction of sp³-hybridized carbons (Fsp3) is 0.350. The van der Waals surface area contributed by atoms with Crippen LogP contribution in [0.25, 0.3) is 0 Å². The van der Waals surface area contributed by atoms with Gasteiger partial charge >= 0.3 is 0 Å². The molecule has 4 nitrogen and oxygen atoms in total. The maximum absolute atomic E-state index is 12.2. The number of carbonyl (C=O) groups excluding carboxylic acids is 1. The second-order valence-electron chi connectivity index (χ2n) is 6.14. The number of nitrogens with zero attached hydrogens (tertiary/aromatic N) is 1. The van der Waals surface area contributed by atoms with E-state index in [-0.39, 0.29) is 11.9 Å². The highest BCUT2D eigenvalue weighted by Gasteiger charge is 2.14. The molecule has 0 fully saturated rings. The second kappa shape index (κ2) is 9.08. The fourth-order valence-electron chi connectivity index (χ4n) is 2.55. The molecule has 0 radical (unpaired) electrons. The largest absolute Gasteiger partial charge is 0.497 e. The molecule has 1 N–H and O–H groups in total. The minimum absolute atomic E-state index is 0.0417. The first-order valence-electron chi connectivity index (χ1n) is 8.18. The van der Waals surface area contributed by atoms with Crippen molar-refractivity contribution in [3.63, 3.8) is 0 Å². The van der Waals surface area contributed by atoms with Crippen LogP contribution >= 0.6 is 0 Å². The molecule has 0 bridgehead atoms. The molecular formula is C20H26N2O2. The van der Waals surface area contributed by atoms with E-state index in [2.05, 4.69) is 22.3 Å². The van der Waals surface area contributed by atoms with Crippen LogP contribution in [0.1, 0.15) is 11.1 Å². The lowest BCUT2D eigenvalue weighted by molar-refractivity contribution is -0.120. The van der Waals surface area contributed by atoms with Gasteiger partial charge in [-0.25, -0.2) is 0 Å². The molecule has 4 heteroatoms. The van der Waals surface area contributed by atoms with Gasteiger partial charge in [-0.3, -0.25) is 4.79 Å². The van der Waals surface area contributed by atoms with Crippen LogP contribution in [0.4, 0.5) is 0 Å². The topological polar surface area (TPSA) is 41.6 Å². The molecule has 1 atom stereocenters. The van der Waals surface area contributed by atoms with Crippen molar-refractivity contribution in [2.45, 2.75) is 18.9 Å². The summed E-state index contributed by atoms with van der Waals surface area (Å²) in [5.74, 6) is 0.842. The third kappa shape index (κ3) is 5.70. The number of benzene rings is 2. The standard InChI is InChI=1S/C20H26N2O2/c1-22(2)18(13-16-7-5-4-6-8-16)15-21-20(23)14-17-9-11-19(24-3)12-10-17/h4-12,18H,13-15H2,1-3H3,(H,21,23). The Labute approximate surface area is 144 Å². The van der Waals surface area contributed by atoms with Gasteiger partial charge in [0.1, 0.15) is 5.75 Å². The van der Waals surface area contributed by atoms with Gasteiger partial charge in [0.15, 0.2) is 0 Å². The van der Waals surface area contributed by atoms with Crippen molar-refractivity contribution in [3.8, 4) is 5.75 Å². The van der Waals surface area contributed by atoms with Gasteiger partial charge in [-0.1, -0.05) is 42.5 Å². The Morgan fingerprint density at radius 2 is 1.71 bits per heavy atom. The number of carbonyl (C=O) groups is 1. The first kappa shape index (κ1) is 18.0. The molecule has 128 valence electrons. The molecule has 0 aromatic heterocycles. The van der Waals surface area contributed by atoms with E-state index >= 15 is 0 Å². The Hall–Kier alpha value is -2.33. The van der Waals surface area contributed by atoms with Crippen molar-refractivity contribution in [1.29, 1.82) is 0 Å². The van der Waals surface area contributed by atoms with Gasteiger partial charge in [0.05, 0.1) is 13.5 Å². The lowest BCUT2D eigenvalue weighted by atomic mass is 10.0. The second-order valence-corrected chi connectivity index (χ2v) is 6.14. The Bertz CT molecular complexity index is 624. The number of hydrogen-bond acceptors (Lipinski definition) is 3. The first-order chi connectivity index (χ1) is 11.6. The zero-order valence-corrected chi connectivity index (χ0v) is 14.7. The van der Waals surface area contributed by atoms with Crippen molar-refractivity contribution in [1.82, 2.24) is 10.2 Å². The maximum Gasteiger partial charge on any atom is 0.224 e. The summed E-state index contributed by atoms with van der Waals surface area (Å²) < 4.78 is 5.13. The molecule has 0 aliphatic rings. The van der Waals surface area contributed by atoms with Crippen LogP contribution in [0, 0.1) is 0 Å². The van der Waals surface area contributed by atoms with Crippen molar-refractivity contribution < 1.29 is 9.53 Å². The lowest BCUT2D eigenvalue weighted by Gasteiger charge is -2.24. The molecule has 1 unspecified atom stereocenters. The van der Waals surface area contributed by atoms with Crippen LogP contribution in [-0.4, -0.2) is 44.6 Å². The molecular weight excluding hydrogens is 300 g/mol. The van der Waals surface area contributed by atoms with Crippen LogP contribution in [0.2, 0.25) is 0 Å². The minimum atomic E-state index is 0.0417. The Morgan fingerprint density at radius 3 is 2.29 bits per heavy atom. The van der Waals surface area contributed by atoms with E-state index in [1.54, 1.807) is 7.11 Å². The van der Waals surface area contributed by atoms with Gasteiger partial charge < -0.3 is 15.0 Å². The SMILES string of the molecule is COc1ccc(CC(=O)NCC(Cc2ccccc2)N(C)C)cc1. The molecule has 0 aliphatic heterocycles. The smallest absolute Gasteiger partial charge is 0.224 e. The molecule has 0 saturated carbocycles. The minimum Gasteiger partial charge on any atom is -0.497 e. The number of rotatable bonds is 8. The fourth-order valence-corrected chi connectivity index (χ4v) is 2.55. The molecule has 0 aliphatic carbocycles. The van der Waals surface area contributed by atoms with Gasteiger partial charge in [0.2, 0.25) is 5.91 Å².